The molecule has 2 aliphatic rings. The number of aryl methyl sites for hydroxylation is 1. The van der Waals surface area contributed by atoms with Gasteiger partial charge in [0.25, 0.3) is 0 Å². The van der Waals surface area contributed by atoms with Crippen molar-refractivity contribution in [1.29, 1.82) is 0 Å². The lowest BCUT2D eigenvalue weighted by atomic mass is 9.95. The van der Waals surface area contributed by atoms with Crippen LogP contribution < -0.4 is 10.6 Å². The number of nitrogens with one attached hydrogen (secondary N) is 2. The SMILES string of the molecule is Cn1nc(C(C)(C)NC(=O)C2[C@@H]3CNCC23C)c2cccc(C(F)(F)F)c21. The standard InChI is InChI=1S/C19H23F3N4O/c1-17(2,24-16(27)13-12-8-23-9-18(12,13)3)15-10-6-5-7-11(19(20,21)22)14(10)26(4)25-15/h5-7,12-13,23H,8-9H2,1-4H3,(H,24,27)/t12-,13?,18?/m0/s1. The summed E-state index contributed by atoms with van der Waals surface area (Å²) in [6, 6.07) is 4.06. The lowest BCUT2D eigenvalue weighted by Crippen LogP contribution is -2.44. The molecule has 3 atom stereocenters. The van der Waals surface area contributed by atoms with Gasteiger partial charge >= 0.3 is 6.18 Å². The van der Waals surface area contributed by atoms with Gasteiger partial charge in [-0.15, -0.1) is 0 Å². The van der Waals surface area contributed by atoms with Crippen LogP contribution in [-0.2, 0) is 23.6 Å². The molecule has 2 unspecified atom stereocenters. The second-order valence-corrected chi connectivity index (χ2v) is 8.51. The summed E-state index contributed by atoms with van der Waals surface area (Å²) in [5.41, 5.74) is -1.16. The van der Waals surface area contributed by atoms with Gasteiger partial charge in [0.1, 0.15) is 0 Å². The number of aromatic nitrogens is 2. The fourth-order valence-electron chi connectivity index (χ4n) is 4.70. The Labute approximate surface area is 155 Å². The lowest BCUT2D eigenvalue weighted by Gasteiger charge is -2.26. The van der Waals surface area contributed by atoms with E-state index in [1.54, 1.807) is 19.9 Å². The number of alkyl halides is 3. The van der Waals surface area contributed by atoms with E-state index in [4.69, 9.17) is 0 Å². The van der Waals surface area contributed by atoms with Crippen LogP contribution in [0.2, 0.25) is 0 Å². The number of nitrogens with zero attached hydrogens (tertiary/aromatic N) is 2. The minimum Gasteiger partial charge on any atom is -0.345 e. The van der Waals surface area contributed by atoms with E-state index in [1.165, 1.54) is 17.8 Å². The molecule has 1 aromatic carbocycles. The molecule has 5 nitrogen and oxygen atoms in total. The second-order valence-electron chi connectivity index (χ2n) is 8.51. The van der Waals surface area contributed by atoms with Crippen LogP contribution in [0.25, 0.3) is 10.9 Å². The van der Waals surface area contributed by atoms with Crippen LogP contribution in [0.15, 0.2) is 18.2 Å². The van der Waals surface area contributed by atoms with E-state index in [1.807, 2.05) is 0 Å². The van der Waals surface area contributed by atoms with E-state index in [9.17, 15) is 18.0 Å². The number of benzene rings is 1. The molecule has 1 saturated heterocycles. The molecule has 1 saturated carbocycles. The van der Waals surface area contributed by atoms with Gasteiger partial charge in [0, 0.05) is 24.9 Å². The van der Waals surface area contributed by atoms with Gasteiger partial charge in [0.2, 0.25) is 5.91 Å². The lowest BCUT2D eigenvalue weighted by molar-refractivity contribution is -0.136. The zero-order chi connectivity index (χ0) is 19.8. The first-order valence-electron chi connectivity index (χ1n) is 9.03. The predicted octanol–water partition coefficient (Wildman–Crippen LogP) is 2.80. The third-order valence-corrected chi connectivity index (χ3v) is 6.20. The maximum absolute atomic E-state index is 13.4. The Kier molecular flexibility index (Phi) is 3.70. The van der Waals surface area contributed by atoms with Crippen LogP contribution in [-0.4, -0.2) is 28.8 Å². The van der Waals surface area contributed by atoms with E-state index in [2.05, 4.69) is 22.7 Å². The Balaban J connectivity index is 1.68. The minimum atomic E-state index is -4.47. The number of fused-ring (bicyclic) bond motifs is 2. The molecule has 8 heteroatoms. The highest BCUT2D eigenvalue weighted by atomic mass is 19.4. The smallest absolute Gasteiger partial charge is 0.345 e. The van der Waals surface area contributed by atoms with Crippen molar-refractivity contribution in [3.63, 3.8) is 0 Å². The second kappa shape index (κ2) is 5.47. The molecule has 1 amide bonds. The first-order valence-corrected chi connectivity index (χ1v) is 9.03. The quantitative estimate of drug-likeness (QED) is 0.861. The highest BCUT2D eigenvalue weighted by Crippen LogP contribution is 2.60. The first kappa shape index (κ1) is 18.3. The maximum Gasteiger partial charge on any atom is 0.418 e. The van der Waals surface area contributed by atoms with Gasteiger partial charge < -0.3 is 10.6 Å². The van der Waals surface area contributed by atoms with Crippen LogP contribution in [0.4, 0.5) is 13.2 Å². The number of piperidine rings is 1. The van der Waals surface area contributed by atoms with Gasteiger partial charge in [0.15, 0.2) is 0 Å². The summed E-state index contributed by atoms with van der Waals surface area (Å²) in [5, 5.41) is 11.1. The van der Waals surface area contributed by atoms with Gasteiger partial charge in [-0.05, 0) is 37.8 Å². The largest absolute Gasteiger partial charge is 0.418 e. The van der Waals surface area contributed by atoms with Gasteiger partial charge in [-0.2, -0.15) is 18.3 Å². The van der Waals surface area contributed by atoms with E-state index in [0.29, 0.717) is 17.0 Å². The normalized spacial score (nSPS) is 27.7. The summed E-state index contributed by atoms with van der Waals surface area (Å²) in [5.74, 6) is 0.212. The monoisotopic (exact) mass is 380 g/mol. The van der Waals surface area contributed by atoms with Crippen molar-refractivity contribution in [2.75, 3.05) is 13.1 Å². The molecule has 0 bridgehead atoms. The average Bonchev–Trinajstić information content (AvgIpc) is 2.82. The van der Waals surface area contributed by atoms with Crippen LogP contribution >= 0.6 is 0 Å². The number of hydrogen-bond acceptors (Lipinski definition) is 3. The molecule has 1 aliphatic carbocycles. The van der Waals surface area contributed by atoms with Crippen molar-refractivity contribution < 1.29 is 18.0 Å². The maximum atomic E-state index is 13.4. The van der Waals surface area contributed by atoms with Crippen molar-refractivity contribution in [2.24, 2.45) is 24.3 Å². The van der Waals surface area contributed by atoms with Crippen molar-refractivity contribution >= 4 is 16.8 Å². The van der Waals surface area contributed by atoms with Crippen LogP contribution in [0.5, 0.6) is 0 Å². The first-order chi connectivity index (χ1) is 12.5. The van der Waals surface area contributed by atoms with Crippen LogP contribution in [0.1, 0.15) is 32.0 Å². The molecule has 2 N–H and O–H groups in total. The molecule has 2 heterocycles. The molecule has 0 spiro atoms. The van der Waals surface area contributed by atoms with Crippen molar-refractivity contribution in [1.82, 2.24) is 20.4 Å². The van der Waals surface area contributed by atoms with Gasteiger partial charge in [0.05, 0.1) is 22.3 Å². The third-order valence-electron chi connectivity index (χ3n) is 6.20. The Bertz CT molecular complexity index is 933. The molecule has 0 radical (unpaired) electrons. The minimum absolute atomic E-state index is 0.0181. The fourth-order valence-corrected chi connectivity index (χ4v) is 4.70. The summed E-state index contributed by atoms with van der Waals surface area (Å²) in [6.45, 7) is 7.31. The summed E-state index contributed by atoms with van der Waals surface area (Å²) >= 11 is 0. The van der Waals surface area contributed by atoms with E-state index in [0.717, 1.165) is 19.2 Å². The number of amides is 1. The van der Waals surface area contributed by atoms with Gasteiger partial charge in [-0.25, -0.2) is 0 Å². The Hall–Kier alpha value is -2.09. The molecule has 146 valence electrons. The number of carbonyl (C=O) groups is 1. The molecule has 1 aliphatic heterocycles. The zero-order valence-corrected chi connectivity index (χ0v) is 15.7. The van der Waals surface area contributed by atoms with Gasteiger partial charge in [-0.3, -0.25) is 9.48 Å². The highest BCUT2D eigenvalue weighted by Gasteiger charge is 2.67. The number of rotatable bonds is 3. The van der Waals surface area contributed by atoms with Gasteiger partial charge in [-0.1, -0.05) is 19.1 Å². The predicted molar refractivity (Wildman–Crippen MR) is 94.8 cm³/mol. The Morgan fingerprint density at radius 3 is 2.67 bits per heavy atom. The van der Waals surface area contributed by atoms with E-state index >= 15 is 0 Å². The number of hydrogen-bond donors (Lipinski definition) is 2. The molecule has 4 rings (SSSR count). The van der Waals surface area contributed by atoms with E-state index in [-0.39, 0.29) is 22.8 Å². The molecule has 2 fully saturated rings. The summed E-state index contributed by atoms with van der Waals surface area (Å²) < 4.78 is 41.4. The summed E-state index contributed by atoms with van der Waals surface area (Å²) in [7, 11) is 1.50. The van der Waals surface area contributed by atoms with Crippen molar-refractivity contribution in [3.05, 3.63) is 29.5 Å². The molecular weight excluding hydrogens is 357 g/mol. The van der Waals surface area contributed by atoms with Crippen LogP contribution in [0, 0.1) is 17.3 Å². The summed E-state index contributed by atoms with van der Waals surface area (Å²) in [4.78, 5) is 12.8. The molecule has 27 heavy (non-hydrogen) atoms. The summed E-state index contributed by atoms with van der Waals surface area (Å²) in [6.07, 6.45) is -4.47. The van der Waals surface area contributed by atoms with Crippen LogP contribution in [0.3, 0.4) is 0 Å². The zero-order valence-electron chi connectivity index (χ0n) is 15.7. The number of para-hydroxylation sites is 1. The highest BCUT2D eigenvalue weighted by molar-refractivity contribution is 5.88. The van der Waals surface area contributed by atoms with Crippen molar-refractivity contribution in [3.8, 4) is 0 Å². The fraction of sp³-hybridized carbons (Fsp3) is 0.579. The topological polar surface area (TPSA) is 59.0 Å². The van der Waals surface area contributed by atoms with E-state index < -0.39 is 17.3 Å². The third kappa shape index (κ3) is 2.64. The molecule has 2 aromatic rings. The molecular formula is C19H23F3N4O. The number of halogens is 3. The Morgan fingerprint density at radius 1 is 1.37 bits per heavy atom. The average molecular weight is 380 g/mol. The Morgan fingerprint density at radius 2 is 2.07 bits per heavy atom. The van der Waals surface area contributed by atoms with Crippen molar-refractivity contribution in [2.45, 2.75) is 32.5 Å². The molecule has 1 aromatic heterocycles. The number of carbonyl (C=O) groups excluding carboxylic acids is 1.